The molecule has 0 spiro atoms. The fourth-order valence-corrected chi connectivity index (χ4v) is 3.62. The molecule has 0 unspecified atom stereocenters. The minimum absolute atomic E-state index is 0.188. The first-order valence-electron chi connectivity index (χ1n) is 9.72. The summed E-state index contributed by atoms with van der Waals surface area (Å²) in [5.74, 6) is -1.43. The Morgan fingerprint density at radius 2 is 1.87 bits per heavy atom. The van der Waals surface area contributed by atoms with Gasteiger partial charge in [0.1, 0.15) is 11.5 Å². The van der Waals surface area contributed by atoms with Crippen molar-refractivity contribution >= 4 is 23.2 Å². The number of ether oxygens (including phenoxy) is 3. The van der Waals surface area contributed by atoms with Crippen LogP contribution < -0.4 is 15.2 Å². The number of nitrogens with two attached hydrogens (primary N) is 1. The molecule has 0 aliphatic carbocycles. The molecule has 0 fully saturated rings. The molecule has 2 aromatic heterocycles. The summed E-state index contributed by atoms with van der Waals surface area (Å²) in [7, 11) is 2.85. The second-order valence-electron chi connectivity index (χ2n) is 6.83. The van der Waals surface area contributed by atoms with E-state index in [-0.39, 0.29) is 17.9 Å². The molecule has 3 rings (SSSR count). The number of carbonyl (C=O) groups excluding carboxylic acids is 3. The van der Waals surface area contributed by atoms with Crippen LogP contribution in [0.2, 0.25) is 0 Å². The first-order valence-corrected chi connectivity index (χ1v) is 9.72. The van der Waals surface area contributed by atoms with Gasteiger partial charge in [-0.3, -0.25) is 9.59 Å². The molecule has 0 bridgehead atoms. The highest BCUT2D eigenvalue weighted by Crippen LogP contribution is 2.33. The predicted molar refractivity (Wildman–Crippen MR) is 114 cm³/mol. The van der Waals surface area contributed by atoms with Crippen LogP contribution in [0.1, 0.15) is 34.1 Å². The minimum atomic E-state index is -1.06. The molecular formula is C23H24N2O6. The molecule has 0 aliphatic heterocycles. The molecule has 1 amide bonds. The average molecular weight is 424 g/mol. The normalized spacial score (nSPS) is 10.7. The van der Waals surface area contributed by atoms with Gasteiger partial charge in [0, 0.05) is 18.3 Å². The van der Waals surface area contributed by atoms with Crippen LogP contribution in [0.15, 0.2) is 42.6 Å². The van der Waals surface area contributed by atoms with Crippen molar-refractivity contribution in [1.82, 2.24) is 4.40 Å². The van der Waals surface area contributed by atoms with Gasteiger partial charge in [-0.15, -0.1) is 0 Å². The number of nitrogens with zero attached hydrogens (tertiary/aromatic N) is 1. The van der Waals surface area contributed by atoms with Gasteiger partial charge < -0.3 is 24.3 Å². The molecule has 1 aromatic carbocycles. The smallest absolute Gasteiger partial charge is 0.343 e. The molecule has 2 N–H and O–H groups in total. The molecule has 3 aromatic rings. The summed E-state index contributed by atoms with van der Waals surface area (Å²) >= 11 is 0. The number of aromatic nitrogens is 1. The van der Waals surface area contributed by atoms with Crippen LogP contribution in [0.25, 0.3) is 5.52 Å². The maximum atomic E-state index is 12.8. The third-order valence-electron chi connectivity index (χ3n) is 5.02. The van der Waals surface area contributed by atoms with E-state index in [4.69, 9.17) is 15.2 Å². The largest absolute Gasteiger partial charge is 0.497 e. The number of hydrogen-bond donors (Lipinski definition) is 1. The number of pyridine rings is 1. The quantitative estimate of drug-likeness (QED) is 0.321. The lowest BCUT2D eigenvalue weighted by Crippen LogP contribution is -2.24. The van der Waals surface area contributed by atoms with Crippen LogP contribution in [0.5, 0.6) is 11.5 Å². The van der Waals surface area contributed by atoms with Crippen molar-refractivity contribution in [1.29, 1.82) is 0 Å². The fraction of sp³-hybridized carbons (Fsp3) is 0.261. The number of rotatable bonds is 9. The zero-order chi connectivity index (χ0) is 22.5. The van der Waals surface area contributed by atoms with E-state index in [1.807, 2.05) is 31.2 Å². The SMILES string of the molecule is CCc1c(C(=O)C(N)=O)c2c(OCC(=O)OC)cccn2c1Cc1cccc(OC)c1. The lowest BCUT2D eigenvalue weighted by atomic mass is 9.99. The summed E-state index contributed by atoms with van der Waals surface area (Å²) in [6, 6.07) is 11.0. The van der Waals surface area contributed by atoms with E-state index in [0.29, 0.717) is 29.7 Å². The maximum Gasteiger partial charge on any atom is 0.343 e. The number of ketones is 1. The minimum Gasteiger partial charge on any atom is -0.497 e. The summed E-state index contributed by atoms with van der Waals surface area (Å²) < 4.78 is 17.4. The van der Waals surface area contributed by atoms with E-state index in [1.165, 1.54) is 7.11 Å². The van der Waals surface area contributed by atoms with Crippen molar-refractivity contribution < 1.29 is 28.6 Å². The van der Waals surface area contributed by atoms with Crippen LogP contribution in [0.3, 0.4) is 0 Å². The molecule has 0 aliphatic rings. The Bertz CT molecular complexity index is 1150. The Hall–Kier alpha value is -3.81. The van der Waals surface area contributed by atoms with Gasteiger partial charge in [0.25, 0.3) is 11.7 Å². The van der Waals surface area contributed by atoms with E-state index >= 15 is 0 Å². The standard InChI is InChI=1S/C23H24N2O6/c1-4-16-17(12-14-7-5-8-15(11-14)29-2)25-10-6-9-18(31-13-19(26)30-3)21(25)20(16)22(27)23(24)28/h5-11H,4,12-13H2,1-3H3,(H2,24,28). The van der Waals surface area contributed by atoms with Gasteiger partial charge in [-0.2, -0.15) is 0 Å². The molecule has 2 heterocycles. The molecule has 162 valence electrons. The van der Waals surface area contributed by atoms with Crippen molar-refractivity contribution in [2.24, 2.45) is 5.73 Å². The summed E-state index contributed by atoms with van der Waals surface area (Å²) in [6.45, 7) is 1.56. The average Bonchev–Trinajstić information content (AvgIpc) is 3.10. The van der Waals surface area contributed by atoms with Crippen LogP contribution >= 0.6 is 0 Å². The molecule has 0 atom stereocenters. The number of Topliss-reactive ketones (excluding diaryl/α,β-unsaturated/α-hetero) is 1. The molecule has 8 nitrogen and oxygen atoms in total. The summed E-state index contributed by atoms with van der Waals surface area (Å²) in [4.78, 5) is 36.2. The Balaban J connectivity index is 2.22. The van der Waals surface area contributed by atoms with Crippen molar-refractivity contribution in [2.45, 2.75) is 19.8 Å². The number of carbonyl (C=O) groups is 3. The second kappa shape index (κ2) is 9.34. The van der Waals surface area contributed by atoms with E-state index < -0.39 is 17.7 Å². The predicted octanol–water partition coefficient (Wildman–Crippen LogP) is 2.32. The van der Waals surface area contributed by atoms with Gasteiger partial charge >= 0.3 is 5.97 Å². The molecule has 0 saturated heterocycles. The number of benzene rings is 1. The lowest BCUT2D eigenvalue weighted by Gasteiger charge is -2.10. The van der Waals surface area contributed by atoms with Gasteiger partial charge in [0.15, 0.2) is 6.61 Å². The van der Waals surface area contributed by atoms with Gasteiger partial charge in [-0.25, -0.2) is 4.79 Å². The highest BCUT2D eigenvalue weighted by atomic mass is 16.6. The highest BCUT2D eigenvalue weighted by Gasteiger charge is 2.28. The number of methoxy groups -OCH3 is 2. The summed E-state index contributed by atoms with van der Waals surface area (Å²) in [6.07, 6.45) is 2.76. The number of esters is 1. The fourth-order valence-electron chi connectivity index (χ4n) is 3.62. The van der Waals surface area contributed by atoms with Crippen LogP contribution in [0, 0.1) is 0 Å². The van der Waals surface area contributed by atoms with E-state index in [9.17, 15) is 14.4 Å². The van der Waals surface area contributed by atoms with Gasteiger partial charge in [-0.1, -0.05) is 19.1 Å². The molecule has 0 radical (unpaired) electrons. The van der Waals surface area contributed by atoms with Gasteiger partial charge in [-0.05, 0) is 41.8 Å². The number of primary amides is 1. The van der Waals surface area contributed by atoms with Crippen molar-refractivity contribution in [3.8, 4) is 11.5 Å². The number of hydrogen-bond acceptors (Lipinski definition) is 6. The van der Waals surface area contributed by atoms with Crippen LogP contribution in [-0.4, -0.2) is 42.9 Å². The van der Waals surface area contributed by atoms with Gasteiger partial charge in [0.05, 0.1) is 25.3 Å². The summed E-state index contributed by atoms with van der Waals surface area (Å²) in [5.41, 5.74) is 8.41. The van der Waals surface area contributed by atoms with Crippen LogP contribution in [0.4, 0.5) is 0 Å². The summed E-state index contributed by atoms with van der Waals surface area (Å²) in [5, 5.41) is 0. The number of amides is 1. The maximum absolute atomic E-state index is 12.8. The zero-order valence-corrected chi connectivity index (χ0v) is 17.6. The van der Waals surface area contributed by atoms with Crippen LogP contribution in [-0.2, 0) is 27.2 Å². The van der Waals surface area contributed by atoms with E-state index in [1.54, 1.807) is 29.8 Å². The lowest BCUT2D eigenvalue weighted by molar-refractivity contribution is -0.142. The first kappa shape index (κ1) is 21.9. The Labute approximate surface area is 179 Å². The molecule has 0 saturated carbocycles. The Morgan fingerprint density at radius 3 is 2.52 bits per heavy atom. The molecule has 31 heavy (non-hydrogen) atoms. The van der Waals surface area contributed by atoms with Crippen molar-refractivity contribution in [3.05, 3.63) is 65.0 Å². The van der Waals surface area contributed by atoms with Crippen molar-refractivity contribution in [3.63, 3.8) is 0 Å². The van der Waals surface area contributed by atoms with E-state index in [0.717, 1.165) is 11.3 Å². The zero-order valence-electron chi connectivity index (χ0n) is 17.6. The monoisotopic (exact) mass is 424 g/mol. The third kappa shape index (κ3) is 4.37. The second-order valence-corrected chi connectivity index (χ2v) is 6.83. The third-order valence-corrected chi connectivity index (χ3v) is 5.02. The highest BCUT2D eigenvalue weighted by molar-refractivity contribution is 6.44. The molecular weight excluding hydrogens is 400 g/mol. The van der Waals surface area contributed by atoms with Crippen molar-refractivity contribution in [2.75, 3.05) is 20.8 Å². The van der Waals surface area contributed by atoms with E-state index in [2.05, 4.69) is 4.74 Å². The Morgan fingerprint density at radius 1 is 1.10 bits per heavy atom. The van der Waals surface area contributed by atoms with Gasteiger partial charge in [0.2, 0.25) is 0 Å². The Kier molecular flexibility index (Phi) is 6.59. The molecule has 8 heteroatoms. The topological polar surface area (TPSA) is 109 Å². The number of fused-ring (bicyclic) bond motifs is 1. The first-order chi connectivity index (χ1) is 14.9.